The van der Waals surface area contributed by atoms with Crippen LogP contribution >= 0.6 is 27.5 Å². The van der Waals surface area contributed by atoms with Gasteiger partial charge in [0.05, 0.1) is 6.54 Å². The molecule has 1 N–H and O–H groups in total. The molecule has 0 unspecified atom stereocenters. The Morgan fingerprint density at radius 2 is 2.42 bits per heavy atom. The summed E-state index contributed by atoms with van der Waals surface area (Å²) in [5, 5.41) is 3.67. The molecule has 0 atom stereocenters. The first-order valence-corrected chi connectivity index (χ1v) is 4.64. The first kappa shape index (κ1) is 9.84. The number of furan rings is 1. The van der Waals surface area contributed by atoms with E-state index in [1.165, 1.54) is 0 Å². The van der Waals surface area contributed by atoms with Crippen molar-refractivity contribution in [2.24, 2.45) is 0 Å². The van der Waals surface area contributed by atoms with Crippen molar-refractivity contribution in [2.45, 2.75) is 6.54 Å². The molecule has 2 nitrogen and oxygen atoms in total. The van der Waals surface area contributed by atoms with E-state index in [2.05, 4.69) is 27.8 Å². The van der Waals surface area contributed by atoms with Crippen LogP contribution in [-0.4, -0.2) is 6.54 Å². The molecule has 0 aliphatic carbocycles. The molecule has 0 aromatic carbocycles. The van der Waals surface area contributed by atoms with Gasteiger partial charge < -0.3 is 9.73 Å². The highest BCUT2D eigenvalue weighted by molar-refractivity contribution is 9.10. The normalized spacial score (nSPS) is 10.2. The van der Waals surface area contributed by atoms with E-state index in [1.807, 2.05) is 12.1 Å². The second-order valence-corrected chi connectivity index (χ2v) is 3.64. The van der Waals surface area contributed by atoms with E-state index in [-0.39, 0.29) is 0 Å². The molecule has 0 aliphatic heterocycles. The van der Waals surface area contributed by atoms with Crippen LogP contribution in [-0.2, 0) is 6.54 Å². The molecule has 4 heteroatoms. The number of nitrogens with one attached hydrogen (secondary N) is 1. The summed E-state index contributed by atoms with van der Waals surface area (Å²) in [7, 11) is 0. The maximum atomic E-state index is 5.55. The highest BCUT2D eigenvalue weighted by atomic mass is 79.9. The van der Waals surface area contributed by atoms with Crippen LogP contribution in [0.1, 0.15) is 5.76 Å². The molecular weight excluding hydrogens is 241 g/mol. The molecule has 1 aromatic rings. The van der Waals surface area contributed by atoms with Gasteiger partial charge in [-0.15, -0.1) is 0 Å². The second kappa shape index (κ2) is 4.70. The average molecular weight is 251 g/mol. The Morgan fingerprint density at radius 3 is 2.92 bits per heavy atom. The Hall–Kier alpha value is -0.250. The third-order valence-electron chi connectivity index (χ3n) is 1.24. The zero-order valence-corrected chi connectivity index (χ0v) is 8.78. The molecule has 0 saturated carbocycles. The lowest BCUT2D eigenvalue weighted by Crippen LogP contribution is -2.13. The number of halogens is 2. The van der Waals surface area contributed by atoms with Crippen molar-refractivity contribution in [1.29, 1.82) is 0 Å². The summed E-state index contributed by atoms with van der Waals surface area (Å²) in [6.07, 6.45) is 0. The predicted octanol–water partition coefficient (Wildman–Crippen LogP) is 2.88. The lowest BCUT2D eigenvalue weighted by Gasteiger charge is -1.98. The van der Waals surface area contributed by atoms with E-state index in [0.717, 1.165) is 10.4 Å². The van der Waals surface area contributed by atoms with Gasteiger partial charge in [0.1, 0.15) is 5.76 Å². The molecule has 0 amide bonds. The minimum Gasteiger partial charge on any atom is -0.453 e. The Bertz CT molecular complexity index is 272. The smallest absolute Gasteiger partial charge is 0.169 e. The van der Waals surface area contributed by atoms with Gasteiger partial charge in [0.15, 0.2) is 4.67 Å². The Morgan fingerprint density at radius 1 is 1.67 bits per heavy atom. The number of hydrogen-bond acceptors (Lipinski definition) is 2. The topological polar surface area (TPSA) is 25.2 Å². The van der Waals surface area contributed by atoms with Crippen molar-refractivity contribution in [1.82, 2.24) is 5.32 Å². The lowest BCUT2D eigenvalue weighted by molar-refractivity contribution is 0.471. The molecule has 1 heterocycles. The van der Waals surface area contributed by atoms with E-state index in [0.29, 0.717) is 18.1 Å². The molecule has 0 aliphatic rings. The fourth-order valence-corrected chi connectivity index (χ4v) is 1.20. The average Bonchev–Trinajstić information content (AvgIpc) is 2.35. The first-order valence-electron chi connectivity index (χ1n) is 3.46. The van der Waals surface area contributed by atoms with Gasteiger partial charge in [-0.05, 0) is 28.1 Å². The third kappa shape index (κ3) is 3.43. The van der Waals surface area contributed by atoms with Gasteiger partial charge in [0.25, 0.3) is 0 Å². The Balaban J connectivity index is 2.29. The predicted molar refractivity (Wildman–Crippen MR) is 53.1 cm³/mol. The van der Waals surface area contributed by atoms with Crippen LogP contribution in [0.15, 0.2) is 32.8 Å². The molecular formula is C8H9BrClNO. The molecule has 66 valence electrons. The van der Waals surface area contributed by atoms with Crippen molar-refractivity contribution >= 4 is 27.5 Å². The first-order chi connectivity index (χ1) is 5.68. The van der Waals surface area contributed by atoms with Crippen LogP contribution in [0, 0.1) is 0 Å². The molecule has 0 spiro atoms. The van der Waals surface area contributed by atoms with E-state index < -0.39 is 0 Å². The van der Waals surface area contributed by atoms with Gasteiger partial charge in [-0.2, -0.15) is 0 Å². The summed E-state index contributed by atoms with van der Waals surface area (Å²) in [6.45, 7) is 4.82. The highest BCUT2D eigenvalue weighted by Crippen LogP contribution is 2.13. The summed E-state index contributed by atoms with van der Waals surface area (Å²) in [6, 6.07) is 3.75. The fraction of sp³-hybridized carbons (Fsp3) is 0.250. The number of hydrogen-bond donors (Lipinski definition) is 1. The van der Waals surface area contributed by atoms with Gasteiger partial charge >= 0.3 is 0 Å². The van der Waals surface area contributed by atoms with Crippen molar-refractivity contribution in [3.63, 3.8) is 0 Å². The molecule has 0 fully saturated rings. The maximum absolute atomic E-state index is 5.55. The zero-order valence-electron chi connectivity index (χ0n) is 6.44. The van der Waals surface area contributed by atoms with E-state index in [9.17, 15) is 0 Å². The van der Waals surface area contributed by atoms with Crippen molar-refractivity contribution in [3.05, 3.63) is 34.2 Å². The van der Waals surface area contributed by atoms with Gasteiger partial charge in [-0.1, -0.05) is 18.2 Å². The summed E-state index contributed by atoms with van der Waals surface area (Å²) in [5.41, 5.74) is 0. The monoisotopic (exact) mass is 249 g/mol. The van der Waals surface area contributed by atoms with Gasteiger partial charge in [0.2, 0.25) is 0 Å². The lowest BCUT2D eigenvalue weighted by atomic mass is 10.4. The Labute approximate surface area is 84.7 Å². The minimum atomic E-state index is 0.597. The van der Waals surface area contributed by atoms with E-state index >= 15 is 0 Å². The van der Waals surface area contributed by atoms with E-state index in [1.54, 1.807) is 0 Å². The quantitative estimate of drug-likeness (QED) is 0.889. The largest absolute Gasteiger partial charge is 0.453 e. The van der Waals surface area contributed by atoms with Crippen LogP contribution in [0.2, 0.25) is 0 Å². The molecule has 0 radical (unpaired) electrons. The fourth-order valence-electron chi connectivity index (χ4n) is 0.768. The standard InChI is InChI=1S/C8H9BrClNO/c1-6(10)4-11-5-7-2-3-8(9)12-7/h2-3,11H,1,4-5H2. The Kier molecular flexibility index (Phi) is 3.85. The van der Waals surface area contributed by atoms with Gasteiger partial charge in [-0.25, -0.2) is 0 Å². The van der Waals surface area contributed by atoms with Crippen molar-refractivity contribution < 1.29 is 4.42 Å². The van der Waals surface area contributed by atoms with Crippen LogP contribution in [0.3, 0.4) is 0 Å². The minimum absolute atomic E-state index is 0.597. The summed E-state index contributed by atoms with van der Waals surface area (Å²) in [5.74, 6) is 0.875. The van der Waals surface area contributed by atoms with Crippen molar-refractivity contribution in [2.75, 3.05) is 6.54 Å². The molecule has 0 saturated heterocycles. The second-order valence-electron chi connectivity index (χ2n) is 2.33. The van der Waals surface area contributed by atoms with E-state index in [4.69, 9.17) is 16.0 Å². The molecule has 1 rings (SSSR count). The van der Waals surface area contributed by atoms with Crippen LogP contribution in [0.5, 0.6) is 0 Å². The van der Waals surface area contributed by atoms with Gasteiger partial charge in [-0.3, -0.25) is 0 Å². The third-order valence-corrected chi connectivity index (χ3v) is 1.80. The van der Waals surface area contributed by atoms with Crippen LogP contribution in [0.25, 0.3) is 0 Å². The summed E-state index contributed by atoms with van der Waals surface area (Å²) >= 11 is 8.77. The van der Waals surface area contributed by atoms with Crippen molar-refractivity contribution in [3.8, 4) is 0 Å². The van der Waals surface area contributed by atoms with Crippen LogP contribution in [0.4, 0.5) is 0 Å². The zero-order chi connectivity index (χ0) is 8.97. The highest BCUT2D eigenvalue weighted by Gasteiger charge is 1.97. The SMILES string of the molecule is C=C(Cl)CNCc1ccc(Br)o1. The summed E-state index contributed by atoms with van der Waals surface area (Å²) in [4.78, 5) is 0. The van der Waals surface area contributed by atoms with Gasteiger partial charge in [0, 0.05) is 11.6 Å². The molecule has 0 bridgehead atoms. The summed E-state index contributed by atoms with van der Waals surface area (Å²) < 4.78 is 5.99. The maximum Gasteiger partial charge on any atom is 0.169 e. The number of rotatable bonds is 4. The molecule has 12 heavy (non-hydrogen) atoms. The molecule has 1 aromatic heterocycles. The van der Waals surface area contributed by atoms with Crippen LogP contribution < -0.4 is 5.32 Å².